The van der Waals surface area contributed by atoms with Crippen molar-refractivity contribution in [1.82, 2.24) is 4.90 Å². The summed E-state index contributed by atoms with van der Waals surface area (Å²) in [6.45, 7) is 1.45. The third-order valence-corrected chi connectivity index (χ3v) is 5.71. The van der Waals surface area contributed by atoms with Crippen molar-refractivity contribution in [2.45, 2.75) is 19.3 Å². The van der Waals surface area contributed by atoms with E-state index in [9.17, 15) is 9.90 Å². The molecule has 0 spiro atoms. The van der Waals surface area contributed by atoms with Crippen LogP contribution < -0.4 is 0 Å². The number of carbonyl (C=O) groups is 1. The van der Waals surface area contributed by atoms with Crippen LogP contribution in [0, 0.1) is 0 Å². The number of benzene rings is 3. The summed E-state index contributed by atoms with van der Waals surface area (Å²) >= 11 is 0. The number of allylic oxidation sites excluding steroid dienone is 3. The van der Waals surface area contributed by atoms with Gasteiger partial charge in [0.2, 0.25) is 0 Å². The van der Waals surface area contributed by atoms with Gasteiger partial charge in [-0.2, -0.15) is 0 Å². The van der Waals surface area contributed by atoms with Crippen LogP contribution in [0.4, 0.5) is 0 Å². The number of carboxylic acid groups (broad SMARTS) is 1. The highest BCUT2D eigenvalue weighted by atomic mass is 16.5. The fraction of sp³-hybridized carbons (Fsp3) is 0.129. The lowest BCUT2D eigenvalue weighted by molar-refractivity contribution is 0.0596. The summed E-state index contributed by atoms with van der Waals surface area (Å²) in [6.07, 6.45) is 9.16. The lowest BCUT2D eigenvalue weighted by Crippen LogP contribution is -2.29. The Hall–Kier alpha value is -4.39. The van der Waals surface area contributed by atoms with E-state index in [1.54, 1.807) is 30.3 Å². The second-order valence-corrected chi connectivity index (χ2v) is 8.37. The van der Waals surface area contributed by atoms with Crippen LogP contribution in [0.3, 0.4) is 0 Å². The van der Waals surface area contributed by atoms with Gasteiger partial charge in [-0.15, -0.1) is 0 Å². The molecule has 2 N–H and O–H groups in total. The average molecular weight is 496 g/mol. The fourth-order valence-corrected chi connectivity index (χ4v) is 3.79. The standard InChI is InChI=1S/C24H23NO3.C7H6O2/c26-24-22-13-7-12-21(18-27-16-19-8-3-1-4-9-19)25(22)15-14-23(24)28-17-20-10-5-2-6-11-20;8-7(9)6-4-2-1-3-5-6/h1-15,23,26H,16-18H2;1-5H,(H,8,9). The van der Waals surface area contributed by atoms with Gasteiger partial charge in [0.05, 0.1) is 31.1 Å². The van der Waals surface area contributed by atoms with Crippen molar-refractivity contribution in [2.75, 3.05) is 6.61 Å². The quantitative estimate of drug-likeness (QED) is 0.386. The SMILES string of the molecule is O=C(O)c1ccccc1.OC1=C2C=CC=C(COCc3ccccc3)N2C=CC1OCc1ccccc1. The molecule has 0 radical (unpaired) electrons. The molecule has 2 aliphatic heterocycles. The first-order chi connectivity index (χ1) is 18.1. The molecule has 37 heavy (non-hydrogen) atoms. The van der Waals surface area contributed by atoms with Crippen molar-refractivity contribution in [1.29, 1.82) is 0 Å². The maximum Gasteiger partial charge on any atom is 0.335 e. The number of nitrogens with zero attached hydrogens (tertiary/aromatic N) is 1. The van der Waals surface area contributed by atoms with Gasteiger partial charge in [-0.3, -0.25) is 0 Å². The van der Waals surface area contributed by atoms with E-state index in [1.807, 2.05) is 96.1 Å². The molecule has 0 aromatic heterocycles. The molecule has 1 atom stereocenters. The molecule has 2 aliphatic rings. The van der Waals surface area contributed by atoms with Crippen LogP contribution in [0.1, 0.15) is 21.5 Å². The van der Waals surface area contributed by atoms with Crippen molar-refractivity contribution in [3.8, 4) is 0 Å². The van der Waals surface area contributed by atoms with Gasteiger partial charge in [0, 0.05) is 11.9 Å². The zero-order valence-corrected chi connectivity index (χ0v) is 20.3. The molecule has 0 aliphatic carbocycles. The van der Waals surface area contributed by atoms with Crippen molar-refractivity contribution in [3.05, 3.63) is 155 Å². The minimum Gasteiger partial charge on any atom is -0.507 e. The summed E-state index contributed by atoms with van der Waals surface area (Å²) < 4.78 is 11.8. The molecular weight excluding hydrogens is 466 g/mol. The molecule has 0 saturated carbocycles. The molecule has 1 unspecified atom stereocenters. The number of fused-ring (bicyclic) bond motifs is 1. The fourth-order valence-electron chi connectivity index (χ4n) is 3.79. The summed E-state index contributed by atoms with van der Waals surface area (Å²) in [5.74, 6) is -0.668. The summed E-state index contributed by atoms with van der Waals surface area (Å²) in [6, 6.07) is 28.3. The van der Waals surface area contributed by atoms with E-state index >= 15 is 0 Å². The summed E-state index contributed by atoms with van der Waals surface area (Å²) in [4.78, 5) is 12.1. The molecule has 6 heteroatoms. The van der Waals surface area contributed by atoms with Gasteiger partial charge in [0.15, 0.2) is 0 Å². The van der Waals surface area contributed by atoms with Crippen molar-refractivity contribution in [2.24, 2.45) is 0 Å². The number of carboxylic acids is 1. The zero-order chi connectivity index (χ0) is 25.9. The third kappa shape index (κ3) is 7.30. The third-order valence-electron chi connectivity index (χ3n) is 5.71. The van der Waals surface area contributed by atoms with Crippen molar-refractivity contribution < 1.29 is 24.5 Å². The van der Waals surface area contributed by atoms with Crippen LogP contribution in [0.15, 0.2) is 139 Å². The molecule has 0 amide bonds. The molecule has 0 bridgehead atoms. The molecule has 2 heterocycles. The van der Waals surface area contributed by atoms with Gasteiger partial charge < -0.3 is 24.6 Å². The topological polar surface area (TPSA) is 79.2 Å². The van der Waals surface area contributed by atoms with E-state index in [0.29, 0.717) is 25.4 Å². The molecule has 0 fully saturated rings. The second kappa shape index (κ2) is 13.1. The molecule has 188 valence electrons. The van der Waals surface area contributed by atoms with Gasteiger partial charge >= 0.3 is 5.97 Å². The second-order valence-electron chi connectivity index (χ2n) is 8.37. The predicted molar refractivity (Wildman–Crippen MR) is 142 cm³/mol. The molecule has 6 nitrogen and oxygen atoms in total. The molecule has 3 aromatic carbocycles. The smallest absolute Gasteiger partial charge is 0.335 e. The van der Waals surface area contributed by atoms with Gasteiger partial charge in [0.25, 0.3) is 0 Å². The number of rotatable bonds is 8. The predicted octanol–water partition coefficient (Wildman–Crippen LogP) is 6.23. The number of aliphatic hydroxyl groups is 1. The number of ether oxygens (including phenoxy) is 2. The Bertz CT molecular complexity index is 1280. The van der Waals surface area contributed by atoms with Gasteiger partial charge in [0.1, 0.15) is 11.9 Å². The molecule has 3 aromatic rings. The van der Waals surface area contributed by atoms with Crippen LogP contribution in [0.5, 0.6) is 0 Å². The van der Waals surface area contributed by atoms with Crippen LogP contribution in [-0.2, 0) is 22.7 Å². The van der Waals surface area contributed by atoms with Gasteiger partial charge in [-0.25, -0.2) is 4.79 Å². The van der Waals surface area contributed by atoms with E-state index in [0.717, 1.165) is 22.5 Å². The number of aromatic carboxylic acids is 1. The maximum absolute atomic E-state index is 10.7. The molecule has 5 rings (SSSR count). The largest absolute Gasteiger partial charge is 0.507 e. The average Bonchev–Trinajstić information content (AvgIpc) is 2.95. The first-order valence-corrected chi connectivity index (χ1v) is 12.0. The highest BCUT2D eigenvalue weighted by molar-refractivity contribution is 5.87. The van der Waals surface area contributed by atoms with Crippen LogP contribution in [-0.4, -0.2) is 33.8 Å². The molecular formula is C31H29NO5. The minimum atomic E-state index is -0.879. The van der Waals surface area contributed by atoms with E-state index in [2.05, 4.69) is 0 Å². The first kappa shape index (κ1) is 25.7. The normalized spacial score (nSPS) is 15.9. The molecule has 0 saturated heterocycles. The highest BCUT2D eigenvalue weighted by Gasteiger charge is 2.26. The lowest BCUT2D eigenvalue weighted by Gasteiger charge is -2.32. The Kier molecular flexibility index (Phi) is 9.07. The number of aliphatic hydroxyl groups excluding tert-OH is 1. The number of hydrogen-bond donors (Lipinski definition) is 2. The Morgan fingerprint density at radius 2 is 1.41 bits per heavy atom. The number of hydrogen-bond acceptors (Lipinski definition) is 5. The zero-order valence-electron chi connectivity index (χ0n) is 20.3. The van der Waals surface area contributed by atoms with Crippen molar-refractivity contribution >= 4 is 5.97 Å². The monoisotopic (exact) mass is 495 g/mol. The van der Waals surface area contributed by atoms with E-state index in [1.165, 1.54) is 0 Å². The van der Waals surface area contributed by atoms with Crippen molar-refractivity contribution in [3.63, 3.8) is 0 Å². The highest BCUT2D eigenvalue weighted by Crippen LogP contribution is 2.29. The summed E-state index contributed by atoms with van der Waals surface area (Å²) in [7, 11) is 0. The van der Waals surface area contributed by atoms with Gasteiger partial charge in [-0.1, -0.05) is 84.9 Å². The van der Waals surface area contributed by atoms with E-state index in [4.69, 9.17) is 14.6 Å². The summed E-state index contributed by atoms with van der Waals surface area (Å²) in [5, 5.41) is 19.1. The maximum atomic E-state index is 10.7. The summed E-state index contributed by atoms with van der Waals surface area (Å²) in [5.41, 5.74) is 4.23. The Labute approximate surface area is 216 Å². The Balaban J connectivity index is 0.000000301. The lowest BCUT2D eigenvalue weighted by atomic mass is 10.1. The van der Waals surface area contributed by atoms with E-state index < -0.39 is 12.1 Å². The van der Waals surface area contributed by atoms with E-state index in [-0.39, 0.29) is 5.76 Å². The Morgan fingerprint density at radius 3 is 2.00 bits per heavy atom. The Morgan fingerprint density at radius 1 is 0.811 bits per heavy atom. The van der Waals surface area contributed by atoms with Gasteiger partial charge in [-0.05, 0) is 41.5 Å². The first-order valence-electron chi connectivity index (χ1n) is 12.0. The van der Waals surface area contributed by atoms with Crippen LogP contribution in [0.25, 0.3) is 0 Å². The minimum absolute atomic E-state index is 0.211. The van der Waals surface area contributed by atoms with Crippen LogP contribution >= 0.6 is 0 Å². The van der Waals surface area contributed by atoms with Crippen LogP contribution in [0.2, 0.25) is 0 Å².